The van der Waals surface area contributed by atoms with Gasteiger partial charge in [-0.15, -0.1) is 0 Å². The zero-order valence-electron chi connectivity index (χ0n) is 11.9. The van der Waals surface area contributed by atoms with Crippen LogP contribution in [-0.2, 0) is 0 Å². The lowest BCUT2D eigenvalue weighted by Gasteiger charge is -2.07. The third kappa shape index (κ3) is 3.06. The van der Waals surface area contributed by atoms with E-state index in [0.717, 1.165) is 17.1 Å². The monoisotopic (exact) mass is 275 g/mol. The summed E-state index contributed by atoms with van der Waals surface area (Å²) in [5, 5.41) is 0. The van der Waals surface area contributed by atoms with Gasteiger partial charge < -0.3 is 9.30 Å². The second-order valence-corrected chi connectivity index (χ2v) is 4.75. The van der Waals surface area contributed by atoms with Gasteiger partial charge in [0.25, 0.3) is 0 Å². The minimum absolute atomic E-state index is 0.868. The molecular formula is C19H17NO. The summed E-state index contributed by atoms with van der Waals surface area (Å²) >= 11 is 0. The van der Waals surface area contributed by atoms with Crippen molar-refractivity contribution in [3.8, 4) is 11.4 Å². The third-order valence-corrected chi connectivity index (χ3v) is 3.38. The molecule has 2 heteroatoms. The first-order chi connectivity index (χ1) is 10.4. The smallest absolute Gasteiger partial charge is 0.119 e. The predicted octanol–water partition coefficient (Wildman–Crippen LogP) is 4.66. The van der Waals surface area contributed by atoms with Crippen LogP contribution in [0.3, 0.4) is 0 Å². The van der Waals surface area contributed by atoms with E-state index in [1.165, 1.54) is 5.56 Å². The zero-order chi connectivity index (χ0) is 14.5. The Morgan fingerprint density at radius 3 is 2.29 bits per heavy atom. The van der Waals surface area contributed by atoms with Gasteiger partial charge in [-0.2, -0.15) is 0 Å². The molecule has 0 fully saturated rings. The molecule has 0 radical (unpaired) electrons. The Kier molecular flexibility index (Phi) is 3.88. The highest BCUT2D eigenvalue weighted by atomic mass is 16.5. The molecule has 0 saturated carbocycles. The molecule has 104 valence electrons. The van der Waals surface area contributed by atoms with Crippen LogP contribution in [0.5, 0.6) is 5.75 Å². The van der Waals surface area contributed by atoms with E-state index >= 15 is 0 Å². The average molecular weight is 275 g/mol. The summed E-state index contributed by atoms with van der Waals surface area (Å²) in [4.78, 5) is 0. The van der Waals surface area contributed by atoms with Crippen molar-refractivity contribution in [2.75, 3.05) is 7.11 Å². The summed E-state index contributed by atoms with van der Waals surface area (Å²) < 4.78 is 7.35. The van der Waals surface area contributed by atoms with Crippen molar-refractivity contribution < 1.29 is 4.74 Å². The lowest BCUT2D eigenvalue weighted by molar-refractivity contribution is 0.414. The number of hydrogen-bond acceptors (Lipinski definition) is 1. The van der Waals surface area contributed by atoms with Gasteiger partial charge in [-0.05, 0) is 48.0 Å². The van der Waals surface area contributed by atoms with Gasteiger partial charge in [-0.1, -0.05) is 36.4 Å². The summed E-state index contributed by atoms with van der Waals surface area (Å²) in [7, 11) is 1.68. The standard InChI is InChI=1S/C19H17NO/c1-21-19-13-11-18(12-14-19)20-15-5-8-17(20)10-9-16-6-3-2-4-7-16/h2-15H,1H3/b10-9+. The molecule has 0 bridgehead atoms. The second kappa shape index (κ2) is 6.14. The molecule has 1 aromatic heterocycles. The molecule has 0 atom stereocenters. The number of benzene rings is 2. The highest BCUT2D eigenvalue weighted by molar-refractivity contribution is 5.69. The fraction of sp³-hybridized carbons (Fsp3) is 0.0526. The van der Waals surface area contributed by atoms with Crippen LogP contribution in [0.4, 0.5) is 0 Å². The fourth-order valence-electron chi connectivity index (χ4n) is 2.25. The van der Waals surface area contributed by atoms with E-state index in [0.29, 0.717) is 0 Å². The van der Waals surface area contributed by atoms with Gasteiger partial charge >= 0.3 is 0 Å². The number of rotatable bonds is 4. The minimum atomic E-state index is 0.868. The van der Waals surface area contributed by atoms with Crippen LogP contribution in [0.1, 0.15) is 11.3 Å². The van der Waals surface area contributed by atoms with Gasteiger partial charge in [-0.25, -0.2) is 0 Å². The van der Waals surface area contributed by atoms with Gasteiger partial charge in [0.1, 0.15) is 5.75 Å². The van der Waals surface area contributed by atoms with E-state index < -0.39 is 0 Å². The Morgan fingerprint density at radius 2 is 1.57 bits per heavy atom. The van der Waals surface area contributed by atoms with Crippen molar-refractivity contribution in [2.24, 2.45) is 0 Å². The van der Waals surface area contributed by atoms with Crippen LogP contribution in [0.25, 0.3) is 17.8 Å². The Hall–Kier alpha value is -2.74. The van der Waals surface area contributed by atoms with E-state index in [2.05, 4.69) is 59.3 Å². The molecule has 3 aromatic rings. The van der Waals surface area contributed by atoms with Crippen molar-refractivity contribution in [3.05, 3.63) is 84.2 Å². The van der Waals surface area contributed by atoms with Crippen molar-refractivity contribution in [3.63, 3.8) is 0 Å². The molecule has 2 aromatic carbocycles. The first-order valence-electron chi connectivity index (χ1n) is 6.92. The van der Waals surface area contributed by atoms with Gasteiger partial charge in [0.05, 0.1) is 7.11 Å². The lowest BCUT2D eigenvalue weighted by atomic mass is 10.2. The molecule has 0 aliphatic rings. The molecule has 0 saturated heterocycles. The molecule has 0 unspecified atom stereocenters. The molecule has 0 aliphatic carbocycles. The first kappa shape index (κ1) is 13.3. The van der Waals surface area contributed by atoms with Crippen molar-refractivity contribution in [1.82, 2.24) is 4.57 Å². The molecule has 3 rings (SSSR count). The first-order valence-corrected chi connectivity index (χ1v) is 6.92. The summed E-state index contributed by atoms with van der Waals surface area (Å²) in [6.45, 7) is 0. The van der Waals surface area contributed by atoms with E-state index in [-0.39, 0.29) is 0 Å². The largest absolute Gasteiger partial charge is 0.497 e. The Bertz CT molecular complexity index is 724. The topological polar surface area (TPSA) is 14.2 Å². The Balaban J connectivity index is 1.88. The van der Waals surface area contributed by atoms with Crippen LogP contribution < -0.4 is 4.74 Å². The number of hydrogen-bond donors (Lipinski definition) is 0. The van der Waals surface area contributed by atoms with Crippen LogP contribution in [0.15, 0.2) is 72.9 Å². The molecule has 21 heavy (non-hydrogen) atoms. The Morgan fingerprint density at radius 1 is 0.810 bits per heavy atom. The van der Waals surface area contributed by atoms with Crippen LogP contribution in [0.2, 0.25) is 0 Å². The quantitative estimate of drug-likeness (QED) is 0.675. The molecule has 0 spiro atoms. The highest BCUT2D eigenvalue weighted by Crippen LogP contribution is 2.18. The maximum absolute atomic E-state index is 5.20. The normalized spacial score (nSPS) is 10.9. The van der Waals surface area contributed by atoms with E-state index in [9.17, 15) is 0 Å². The zero-order valence-corrected chi connectivity index (χ0v) is 11.9. The average Bonchev–Trinajstić information content (AvgIpc) is 3.02. The fourth-order valence-corrected chi connectivity index (χ4v) is 2.25. The predicted molar refractivity (Wildman–Crippen MR) is 87.7 cm³/mol. The van der Waals surface area contributed by atoms with E-state index in [1.54, 1.807) is 7.11 Å². The van der Waals surface area contributed by atoms with Gasteiger partial charge in [0.15, 0.2) is 0 Å². The van der Waals surface area contributed by atoms with E-state index in [1.807, 2.05) is 30.3 Å². The summed E-state index contributed by atoms with van der Waals surface area (Å²) in [6, 6.07) is 22.5. The third-order valence-electron chi connectivity index (χ3n) is 3.38. The van der Waals surface area contributed by atoms with Gasteiger partial charge in [0.2, 0.25) is 0 Å². The maximum atomic E-state index is 5.20. The van der Waals surface area contributed by atoms with E-state index in [4.69, 9.17) is 4.74 Å². The van der Waals surface area contributed by atoms with Crippen molar-refractivity contribution in [1.29, 1.82) is 0 Å². The minimum Gasteiger partial charge on any atom is -0.497 e. The number of methoxy groups -OCH3 is 1. The summed E-state index contributed by atoms with van der Waals surface area (Å²) in [5.74, 6) is 0.868. The van der Waals surface area contributed by atoms with Gasteiger partial charge in [0, 0.05) is 17.6 Å². The van der Waals surface area contributed by atoms with Crippen LogP contribution in [-0.4, -0.2) is 11.7 Å². The molecule has 0 aliphatic heterocycles. The van der Waals surface area contributed by atoms with Crippen LogP contribution in [0, 0.1) is 0 Å². The maximum Gasteiger partial charge on any atom is 0.119 e. The number of aromatic nitrogens is 1. The second-order valence-electron chi connectivity index (χ2n) is 4.75. The number of ether oxygens (including phenoxy) is 1. The molecule has 1 heterocycles. The molecule has 0 N–H and O–H groups in total. The lowest BCUT2D eigenvalue weighted by Crippen LogP contribution is -1.94. The molecular weight excluding hydrogens is 258 g/mol. The highest BCUT2D eigenvalue weighted by Gasteiger charge is 2.00. The van der Waals surface area contributed by atoms with Gasteiger partial charge in [-0.3, -0.25) is 0 Å². The van der Waals surface area contributed by atoms with Crippen molar-refractivity contribution >= 4 is 12.2 Å². The molecule has 0 amide bonds. The molecule has 2 nitrogen and oxygen atoms in total. The number of nitrogens with zero attached hydrogens (tertiary/aromatic N) is 1. The summed E-state index contributed by atoms with van der Waals surface area (Å²) in [6.07, 6.45) is 6.31. The Labute approximate surface area is 124 Å². The SMILES string of the molecule is COc1ccc(-n2cccc2/C=C/c2ccccc2)cc1. The summed E-state index contributed by atoms with van der Waals surface area (Å²) in [5.41, 5.74) is 3.46. The van der Waals surface area contributed by atoms with Crippen LogP contribution >= 0.6 is 0 Å². The van der Waals surface area contributed by atoms with Crippen molar-refractivity contribution in [2.45, 2.75) is 0 Å².